The van der Waals surface area contributed by atoms with Crippen LogP contribution in [0.5, 0.6) is 0 Å². The van der Waals surface area contributed by atoms with Gasteiger partial charge >= 0.3 is 6.09 Å². The second-order valence-corrected chi connectivity index (χ2v) is 3.95. The molecule has 0 aliphatic carbocycles. The van der Waals surface area contributed by atoms with Crippen molar-refractivity contribution in [1.29, 1.82) is 0 Å². The largest absolute Gasteiger partial charge is 0.465 e. The van der Waals surface area contributed by atoms with Gasteiger partial charge < -0.3 is 10.0 Å². The van der Waals surface area contributed by atoms with E-state index in [1.54, 1.807) is 0 Å². The molecule has 0 radical (unpaired) electrons. The molecule has 1 aromatic rings. The van der Waals surface area contributed by atoms with Crippen LogP contribution in [-0.4, -0.2) is 28.7 Å². The third-order valence-electron chi connectivity index (χ3n) is 2.96. The third-order valence-corrected chi connectivity index (χ3v) is 2.96. The molecular formula is C11H12N4O2. The lowest BCUT2D eigenvalue weighted by atomic mass is 9.94. The molecule has 1 aliphatic heterocycles. The van der Waals surface area contributed by atoms with E-state index in [1.807, 2.05) is 24.3 Å². The zero-order valence-electron chi connectivity index (χ0n) is 9.15. The first kappa shape index (κ1) is 11.3. The van der Waals surface area contributed by atoms with Gasteiger partial charge in [0.1, 0.15) is 0 Å². The van der Waals surface area contributed by atoms with Crippen molar-refractivity contribution in [3.63, 3.8) is 0 Å². The van der Waals surface area contributed by atoms with Gasteiger partial charge in [0.15, 0.2) is 0 Å². The Kier molecular flexibility index (Phi) is 3.16. The van der Waals surface area contributed by atoms with E-state index in [2.05, 4.69) is 10.0 Å². The molecule has 1 N–H and O–H groups in total. The Balaban J connectivity index is 2.27. The smallest absolute Gasteiger partial charge is 0.407 e. The van der Waals surface area contributed by atoms with Crippen LogP contribution in [0.4, 0.5) is 4.79 Å². The Labute approximate surface area is 98.1 Å². The molecule has 1 aromatic carbocycles. The fourth-order valence-electron chi connectivity index (χ4n) is 2.11. The summed E-state index contributed by atoms with van der Waals surface area (Å²) < 4.78 is 0. The minimum Gasteiger partial charge on any atom is -0.465 e. The van der Waals surface area contributed by atoms with Gasteiger partial charge in [-0.25, -0.2) is 4.79 Å². The average Bonchev–Trinajstić information content (AvgIpc) is 2.35. The number of hydrogen-bond donors (Lipinski definition) is 1. The Hall–Kier alpha value is -2.20. The monoisotopic (exact) mass is 232 g/mol. The summed E-state index contributed by atoms with van der Waals surface area (Å²) in [5.41, 5.74) is 10.5. The maximum absolute atomic E-state index is 11.1. The lowest BCUT2D eigenvalue weighted by Crippen LogP contribution is -2.45. The maximum atomic E-state index is 11.1. The summed E-state index contributed by atoms with van der Waals surface area (Å²) in [5, 5.41) is 12.6. The maximum Gasteiger partial charge on any atom is 0.407 e. The molecule has 0 spiro atoms. The van der Waals surface area contributed by atoms with Crippen LogP contribution in [0.1, 0.15) is 11.1 Å². The molecule has 0 aromatic heterocycles. The lowest BCUT2D eigenvalue weighted by molar-refractivity contribution is 0.117. The van der Waals surface area contributed by atoms with Crippen LogP contribution in [-0.2, 0) is 13.0 Å². The van der Waals surface area contributed by atoms with Crippen LogP contribution < -0.4 is 0 Å². The molecule has 1 amide bonds. The van der Waals surface area contributed by atoms with Gasteiger partial charge in [-0.05, 0) is 23.1 Å². The lowest BCUT2D eigenvalue weighted by Gasteiger charge is -2.34. The van der Waals surface area contributed by atoms with E-state index >= 15 is 0 Å². The summed E-state index contributed by atoms with van der Waals surface area (Å²) in [6.07, 6.45) is -0.376. The summed E-state index contributed by atoms with van der Waals surface area (Å²) in [7, 11) is 0. The number of azide groups is 1. The van der Waals surface area contributed by atoms with Crippen LogP contribution >= 0.6 is 0 Å². The van der Waals surface area contributed by atoms with Gasteiger partial charge in [0, 0.05) is 24.0 Å². The van der Waals surface area contributed by atoms with Crippen LogP contribution in [0.25, 0.3) is 10.4 Å². The predicted molar refractivity (Wildman–Crippen MR) is 61.5 cm³/mol. The zero-order valence-corrected chi connectivity index (χ0v) is 9.15. The number of amides is 1. The molecular weight excluding hydrogens is 220 g/mol. The van der Waals surface area contributed by atoms with Crippen molar-refractivity contribution >= 4 is 6.09 Å². The van der Waals surface area contributed by atoms with Crippen molar-refractivity contribution in [2.45, 2.75) is 19.0 Å². The molecule has 6 heteroatoms. The van der Waals surface area contributed by atoms with Crippen molar-refractivity contribution in [2.24, 2.45) is 5.11 Å². The van der Waals surface area contributed by atoms with Gasteiger partial charge in [0.25, 0.3) is 0 Å². The Morgan fingerprint density at radius 3 is 2.88 bits per heavy atom. The van der Waals surface area contributed by atoms with Crippen molar-refractivity contribution in [3.05, 3.63) is 45.8 Å². The van der Waals surface area contributed by atoms with Crippen molar-refractivity contribution in [2.75, 3.05) is 6.54 Å². The Morgan fingerprint density at radius 1 is 1.53 bits per heavy atom. The number of hydrogen-bond acceptors (Lipinski definition) is 2. The van der Waals surface area contributed by atoms with Gasteiger partial charge in [-0.1, -0.05) is 29.4 Å². The van der Waals surface area contributed by atoms with Gasteiger partial charge in [-0.3, -0.25) is 0 Å². The summed E-state index contributed by atoms with van der Waals surface area (Å²) in [6, 6.07) is 7.47. The van der Waals surface area contributed by atoms with Crippen LogP contribution in [0.2, 0.25) is 0 Å². The second-order valence-electron chi connectivity index (χ2n) is 3.95. The molecule has 0 saturated heterocycles. The first-order chi connectivity index (χ1) is 8.22. The Morgan fingerprint density at radius 2 is 2.24 bits per heavy atom. The molecule has 0 saturated carbocycles. The molecule has 0 fully saturated rings. The molecule has 1 unspecified atom stereocenters. The summed E-state index contributed by atoms with van der Waals surface area (Å²) in [6.45, 7) is 0.536. The van der Waals surface area contributed by atoms with E-state index in [1.165, 1.54) is 4.90 Å². The van der Waals surface area contributed by atoms with Crippen LogP contribution in [0.15, 0.2) is 29.4 Å². The second kappa shape index (κ2) is 4.76. The van der Waals surface area contributed by atoms with Crippen LogP contribution in [0, 0.1) is 0 Å². The minimum absolute atomic E-state index is 0.178. The van der Waals surface area contributed by atoms with Gasteiger partial charge in [0.2, 0.25) is 0 Å². The van der Waals surface area contributed by atoms with E-state index in [4.69, 9.17) is 10.6 Å². The number of fused-ring (bicyclic) bond motifs is 1. The first-order valence-electron chi connectivity index (χ1n) is 5.29. The van der Waals surface area contributed by atoms with Crippen LogP contribution in [0.3, 0.4) is 0 Å². The zero-order chi connectivity index (χ0) is 12.3. The highest BCUT2D eigenvalue weighted by Gasteiger charge is 2.28. The SMILES string of the molecule is [N-]=[N+]=NCC1Cc2ccccc2CN1C(=O)O. The molecule has 17 heavy (non-hydrogen) atoms. The van der Waals surface area contributed by atoms with Gasteiger partial charge in [-0.2, -0.15) is 0 Å². The van der Waals surface area contributed by atoms with E-state index in [-0.39, 0.29) is 12.6 Å². The van der Waals surface area contributed by atoms with Crippen molar-refractivity contribution < 1.29 is 9.90 Å². The molecule has 1 atom stereocenters. The normalized spacial score (nSPS) is 18.1. The fraction of sp³-hybridized carbons (Fsp3) is 0.364. The van der Waals surface area contributed by atoms with E-state index in [0.29, 0.717) is 13.0 Å². The fourth-order valence-corrected chi connectivity index (χ4v) is 2.11. The number of nitrogens with zero attached hydrogens (tertiary/aromatic N) is 4. The van der Waals surface area contributed by atoms with E-state index < -0.39 is 6.09 Å². The molecule has 2 rings (SSSR count). The third kappa shape index (κ3) is 2.32. The van der Waals surface area contributed by atoms with Gasteiger partial charge in [0.05, 0.1) is 0 Å². The summed E-state index contributed by atoms with van der Waals surface area (Å²) >= 11 is 0. The van der Waals surface area contributed by atoms with Crippen molar-refractivity contribution in [3.8, 4) is 0 Å². The number of carboxylic acid groups (broad SMARTS) is 1. The highest BCUT2D eigenvalue weighted by atomic mass is 16.4. The molecule has 1 heterocycles. The standard InChI is InChI=1S/C11H12N4O2/c12-14-13-6-10-5-8-3-1-2-4-9(8)7-15(10)11(16)17/h1-4,10H,5-7H2,(H,16,17). The van der Waals surface area contributed by atoms with E-state index in [0.717, 1.165) is 11.1 Å². The highest BCUT2D eigenvalue weighted by Crippen LogP contribution is 2.23. The predicted octanol–water partition coefficient (Wildman–Crippen LogP) is 2.40. The number of rotatable bonds is 2. The number of carbonyl (C=O) groups is 1. The molecule has 0 bridgehead atoms. The Bertz CT molecular complexity index is 482. The quantitative estimate of drug-likeness (QED) is 0.482. The highest BCUT2D eigenvalue weighted by molar-refractivity contribution is 5.66. The molecule has 88 valence electrons. The average molecular weight is 232 g/mol. The van der Waals surface area contributed by atoms with Crippen molar-refractivity contribution in [1.82, 2.24) is 4.90 Å². The van der Waals surface area contributed by atoms with Gasteiger partial charge in [-0.15, -0.1) is 0 Å². The first-order valence-corrected chi connectivity index (χ1v) is 5.29. The molecule has 1 aliphatic rings. The topological polar surface area (TPSA) is 89.3 Å². The summed E-state index contributed by atoms with van der Waals surface area (Å²) in [5.74, 6) is 0. The summed E-state index contributed by atoms with van der Waals surface area (Å²) in [4.78, 5) is 15.1. The minimum atomic E-state index is -0.974. The van der Waals surface area contributed by atoms with E-state index in [9.17, 15) is 4.79 Å². The molecule has 6 nitrogen and oxygen atoms in total. The number of benzene rings is 1.